The highest BCUT2D eigenvalue weighted by Gasteiger charge is 2.23. The van der Waals surface area contributed by atoms with Gasteiger partial charge in [0.05, 0.1) is 11.6 Å². The third-order valence-electron chi connectivity index (χ3n) is 4.46. The van der Waals surface area contributed by atoms with E-state index in [0.717, 1.165) is 30.5 Å². The Morgan fingerprint density at radius 1 is 1.14 bits per heavy atom. The van der Waals surface area contributed by atoms with Gasteiger partial charge in [-0.15, -0.1) is 0 Å². The highest BCUT2D eigenvalue weighted by Crippen LogP contribution is 2.33. The van der Waals surface area contributed by atoms with Gasteiger partial charge in [0.25, 0.3) is 0 Å². The van der Waals surface area contributed by atoms with E-state index in [1.165, 1.54) is 30.3 Å². The van der Waals surface area contributed by atoms with Crippen LogP contribution in [0.2, 0.25) is 0 Å². The van der Waals surface area contributed by atoms with Crippen molar-refractivity contribution < 1.29 is 0 Å². The van der Waals surface area contributed by atoms with Crippen molar-refractivity contribution in [2.75, 3.05) is 18.0 Å². The monoisotopic (exact) mass is 279 g/mol. The topological polar surface area (TPSA) is 53.0 Å². The minimum atomic E-state index is 0.528. The number of fused-ring (bicyclic) bond motifs is 1. The van der Waals surface area contributed by atoms with Crippen molar-refractivity contribution in [1.29, 1.82) is 5.26 Å². The van der Waals surface area contributed by atoms with Crippen LogP contribution in [-0.4, -0.2) is 19.1 Å². The van der Waals surface area contributed by atoms with Crippen molar-refractivity contribution in [3.05, 3.63) is 42.0 Å². The zero-order valence-electron chi connectivity index (χ0n) is 12.3. The van der Waals surface area contributed by atoms with E-state index in [0.29, 0.717) is 6.04 Å². The Morgan fingerprint density at radius 3 is 2.71 bits per heavy atom. The second kappa shape index (κ2) is 6.15. The standard InChI is InChI=1S/C18H21N3/c19-11-10-15-5-3-4-12-21(15)18-9-8-14(13-20)16-6-1-2-7-17(16)18/h1-2,6-9,15H,3-5,10-12,19H2. The number of rotatable bonds is 3. The fraction of sp³-hybridized carbons (Fsp3) is 0.389. The van der Waals surface area contributed by atoms with E-state index in [1.54, 1.807) is 0 Å². The first-order valence-electron chi connectivity index (χ1n) is 7.73. The van der Waals surface area contributed by atoms with Gasteiger partial charge in [-0.25, -0.2) is 0 Å². The smallest absolute Gasteiger partial charge is 0.0998 e. The Balaban J connectivity index is 2.09. The predicted octanol–water partition coefficient (Wildman–Crippen LogP) is 3.42. The van der Waals surface area contributed by atoms with Gasteiger partial charge in [-0.3, -0.25) is 0 Å². The third kappa shape index (κ3) is 2.59. The molecule has 1 unspecified atom stereocenters. The van der Waals surface area contributed by atoms with Crippen LogP contribution in [0.1, 0.15) is 31.2 Å². The summed E-state index contributed by atoms with van der Waals surface area (Å²) < 4.78 is 0. The van der Waals surface area contributed by atoms with Crippen LogP contribution in [0.5, 0.6) is 0 Å². The summed E-state index contributed by atoms with van der Waals surface area (Å²) in [5.74, 6) is 0. The molecule has 0 bridgehead atoms. The summed E-state index contributed by atoms with van der Waals surface area (Å²) >= 11 is 0. The van der Waals surface area contributed by atoms with Crippen LogP contribution in [0.25, 0.3) is 10.8 Å². The molecule has 3 rings (SSSR count). The minimum Gasteiger partial charge on any atom is -0.368 e. The fourth-order valence-electron chi connectivity index (χ4n) is 3.44. The molecule has 1 aliphatic rings. The lowest BCUT2D eigenvalue weighted by Crippen LogP contribution is -2.40. The molecule has 1 atom stereocenters. The first-order chi connectivity index (χ1) is 10.3. The molecule has 2 aromatic rings. The molecule has 1 fully saturated rings. The molecule has 0 amide bonds. The van der Waals surface area contributed by atoms with E-state index in [1.807, 2.05) is 18.2 Å². The van der Waals surface area contributed by atoms with E-state index in [4.69, 9.17) is 5.73 Å². The molecule has 1 aliphatic heterocycles. The maximum absolute atomic E-state index is 9.29. The number of hydrogen-bond acceptors (Lipinski definition) is 3. The molecule has 108 valence electrons. The maximum atomic E-state index is 9.29. The van der Waals surface area contributed by atoms with Gasteiger partial charge >= 0.3 is 0 Å². The molecular weight excluding hydrogens is 258 g/mol. The normalized spacial score (nSPS) is 18.7. The molecule has 2 N–H and O–H groups in total. The molecule has 21 heavy (non-hydrogen) atoms. The van der Waals surface area contributed by atoms with Crippen LogP contribution in [0, 0.1) is 11.3 Å². The lowest BCUT2D eigenvalue weighted by atomic mass is 9.96. The molecule has 0 saturated carbocycles. The minimum absolute atomic E-state index is 0.528. The van der Waals surface area contributed by atoms with Crippen LogP contribution in [0.3, 0.4) is 0 Å². The summed E-state index contributed by atoms with van der Waals surface area (Å²) in [5, 5.41) is 11.5. The lowest BCUT2D eigenvalue weighted by molar-refractivity contribution is 0.443. The van der Waals surface area contributed by atoms with E-state index < -0.39 is 0 Å². The molecule has 0 spiro atoms. The van der Waals surface area contributed by atoms with Crippen molar-refractivity contribution in [1.82, 2.24) is 0 Å². The molecule has 1 heterocycles. The number of nitriles is 1. The van der Waals surface area contributed by atoms with Crippen LogP contribution in [-0.2, 0) is 0 Å². The first kappa shape index (κ1) is 13.9. The van der Waals surface area contributed by atoms with E-state index in [9.17, 15) is 5.26 Å². The summed E-state index contributed by atoms with van der Waals surface area (Å²) in [6.07, 6.45) is 4.77. The zero-order valence-corrected chi connectivity index (χ0v) is 12.3. The Hall–Kier alpha value is -2.05. The van der Waals surface area contributed by atoms with Gasteiger partial charge in [-0.05, 0) is 44.4 Å². The molecule has 3 nitrogen and oxygen atoms in total. The van der Waals surface area contributed by atoms with Gasteiger partial charge in [-0.1, -0.05) is 24.3 Å². The zero-order chi connectivity index (χ0) is 14.7. The second-order valence-corrected chi connectivity index (χ2v) is 5.71. The van der Waals surface area contributed by atoms with Gasteiger partial charge in [-0.2, -0.15) is 5.26 Å². The van der Waals surface area contributed by atoms with Crippen LogP contribution < -0.4 is 10.6 Å². The summed E-state index contributed by atoms with van der Waals surface area (Å²) in [4.78, 5) is 2.50. The maximum Gasteiger partial charge on any atom is 0.0998 e. The van der Waals surface area contributed by atoms with E-state index in [2.05, 4.69) is 29.2 Å². The van der Waals surface area contributed by atoms with Crippen molar-refractivity contribution in [3.8, 4) is 6.07 Å². The average molecular weight is 279 g/mol. The number of anilines is 1. The highest BCUT2D eigenvalue weighted by atomic mass is 15.2. The van der Waals surface area contributed by atoms with Crippen molar-refractivity contribution >= 4 is 16.5 Å². The molecule has 3 heteroatoms. The fourth-order valence-corrected chi connectivity index (χ4v) is 3.44. The summed E-state index contributed by atoms with van der Waals surface area (Å²) in [5.41, 5.74) is 7.79. The third-order valence-corrected chi connectivity index (χ3v) is 4.46. The van der Waals surface area contributed by atoms with Crippen molar-refractivity contribution in [2.45, 2.75) is 31.7 Å². The number of piperidine rings is 1. The SMILES string of the molecule is N#Cc1ccc(N2CCCCC2CCN)c2ccccc12. The van der Waals surface area contributed by atoms with Crippen LogP contribution in [0.15, 0.2) is 36.4 Å². The molecule has 0 radical (unpaired) electrons. The van der Waals surface area contributed by atoms with Crippen LogP contribution >= 0.6 is 0 Å². The van der Waals surface area contributed by atoms with Gasteiger partial charge in [0.1, 0.15) is 0 Å². The van der Waals surface area contributed by atoms with Gasteiger partial charge in [0, 0.05) is 29.0 Å². The first-order valence-corrected chi connectivity index (χ1v) is 7.73. The lowest BCUT2D eigenvalue weighted by Gasteiger charge is -2.38. The Bertz CT molecular complexity index is 670. The quantitative estimate of drug-likeness (QED) is 0.936. The van der Waals surface area contributed by atoms with E-state index in [-0.39, 0.29) is 0 Å². The van der Waals surface area contributed by atoms with Gasteiger partial charge in [0.15, 0.2) is 0 Å². The van der Waals surface area contributed by atoms with Crippen molar-refractivity contribution in [2.24, 2.45) is 5.73 Å². The van der Waals surface area contributed by atoms with Crippen molar-refractivity contribution in [3.63, 3.8) is 0 Å². The molecule has 0 aliphatic carbocycles. The number of benzene rings is 2. The molecule has 0 aromatic heterocycles. The molecular formula is C18H21N3. The summed E-state index contributed by atoms with van der Waals surface area (Å²) in [7, 11) is 0. The predicted molar refractivity (Wildman–Crippen MR) is 87.3 cm³/mol. The number of hydrogen-bond donors (Lipinski definition) is 1. The van der Waals surface area contributed by atoms with E-state index >= 15 is 0 Å². The second-order valence-electron chi connectivity index (χ2n) is 5.71. The van der Waals surface area contributed by atoms with Gasteiger partial charge in [0.2, 0.25) is 0 Å². The Morgan fingerprint density at radius 2 is 1.95 bits per heavy atom. The van der Waals surface area contributed by atoms with Gasteiger partial charge < -0.3 is 10.6 Å². The molecule has 2 aromatic carbocycles. The number of nitrogens with zero attached hydrogens (tertiary/aromatic N) is 2. The largest absolute Gasteiger partial charge is 0.368 e. The van der Waals surface area contributed by atoms with Crippen LogP contribution in [0.4, 0.5) is 5.69 Å². The number of nitrogens with two attached hydrogens (primary N) is 1. The molecule has 1 saturated heterocycles. The Kier molecular flexibility index (Phi) is 4.08. The summed E-state index contributed by atoms with van der Waals surface area (Å²) in [6, 6.07) is 15.1. The summed E-state index contributed by atoms with van der Waals surface area (Å²) in [6.45, 7) is 1.82. The highest BCUT2D eigenvalue weighted by molar-refractivity contribution is 5.98. The Labute approximate surface area is 126 Å². The average Bonchev–Trinajstić information content (AvgIpc) is 2.55.